The van der Waals surface area contributed by atoms with Gasteiger partial charge >= 0.3 is 0 Å². The molecule has 0 spiro atoms. The number of nitrogens with one attached hydrogen (secondary N) is 1. The normalized spacial score (nSPS) is 17.8. The summed E-state index contributed by atoms with van der Waals surface area (Å²) in [6.07, 6.45) is 0.264. The predicted octanol–water partition coefficient (Wildman–Crippen LogP) is 4.14. The summed E-state index contributed by atoms with van der Waals surface area (Å²) in [7, 11) is 0. The first-order valence-corrected chi connectivity index (χ1v) is 10.1. The highest BCUT2D eigenvalue weighted by molar-refractivity contribution is 5.89. The smallest absolute Gasteiger partial charge is 0.226 e. The molecular formula is C24H26N2O3. The topological polar surface area (TPSA) is 62.6 Å². The summed E-state index contributed by atoms with van der Waals surface area (Å²) in [6.45, 7) is 5.32. The van der Waals surface area contributed by atoms with E-state index in [9.17, 15) is 9.59 Å². The zero-order valence-electron chi connectivity index (χ0n) is 16.8. The molecule has 1 aromatic heterocycles. The third-order valence-corrected chi connectivity index (χ3v) is 5.32. The van der Waals surface area contributed by atoms with E-state index in [0.29, 0.717) is 24.8 Å². The number of hydrogen-bond donors (Lipinski definition) is 1. The second-order valence-electron chi connectivity index (χ2n) is 8.13. The van der Waals surface area contributed by atoms with Crippen LogP contribution in [-0.2, 0) is 9.59 Å². The molecule has 5 heteroatoms. The van der Waals surface area contributed by atoms with Crippen LogP contribution in [0.3, 0.4) is 0 Å². The monoisotopic (exact) mass is 390 g/mol. The summed E-state index contributed by atoms with van der Waals surface area (Å²) in [6, 6.07) is 19.2. The second kappa shape index (κ2) is 8.11. The molecule has 2 amide bonds. The van der Waals surface area contributed by atoms with E-state index in [4.69, 9.17) is 4.42 Å². The molecule has 5 nitrogen and oxygen atoms in total. The van der Waals surface area contributed by atoms with Crippen molar-refractivity contribution in [1.29, 1.82) is 0 Å². The Labute approximate surface area is 170 Å². The number of benzene rings is 2. The number of fused-ring (bicyclic) bond motifs is 1. The second-order valence-corrected chi connectivity index (χ2v) is 8.13. The van der Waals surface area contributed by atoms with Crippen molar-refractivity contribution in [1.82, 2.24) is 10.2 Å². The molecule has 0 radical (unpaired) electrons. The summed E-state index contributed by atoms with van der Waals surface area (Å²) in [4.78, 5) is 27.2. The van der Waals surface area contributed by atoms with E-state index in [2.05, 4.69) is 19.2 Å². The van der Waals surface area contributed by atoms with E-state index >= 15 is 0 Å². The van der Waals surface area contributed by atoms with Gasteiger partial charge in [0.25, 0.3) is 0 Å². The average molecular weight is 390 g/mol. The number of furan rings is 1. The van der Waals surface area contributed by atoms with Gasteiger partial charge in [-0.1, -0.05) is 62.4 Å². The highest BCUT2D eigenvalue weighted by atomic mass is 16.3. The molecule has 2 aromatic carbocycles. The molecule has 0 saturated carbocycles. The Hall–Kier alpha value is -3.08. The molecule has 0 aliphatic carbocycles. The molecule has 3 aromatic rings. The van der Waals surface area contributed by atoms with Gasteiger partial charge in [0.1, 0.15) is 17.4 Å². The van der Waals surface area contributed by atoms with Gasteiger partial charge in [-0.15, -0.1) is 0 Å². The lowest BCUT2D eigenvalue weighted by Gasteiger charge is -2.21. The molecule has 1 fully saturated rings. The molecular weight excluding hydrogens is 364 g/mol. The van der Waals surface area contributed by atoms with Crippen molar-refractivity contribution < 1.29 is 14.0 Å². The molecule has 150 valence electrons. The zero-order chi connectivity index (χ0) is 20.4. The predicted molar refractivity (Wildman–Crippen MR) is 112 cm³/mol. The van der Waals surface area contributed by atoms with Gasteiger partial charge in [0.15, 0.2) is 0 Å². The molecule has 1 N–H and O–H groups in total. The highest BCUT2D eigenvalue weighted by Crippen LogP contribution is 2.29. The molecule has 0 bridgehead atoms. The Morgan fingerprint density at radius 1 is 1.14 bits per heavy atom. The third kappa shape index (κ3) is 4.19. The van der Waals surface area contributed by atoms with Crippen LogP contribution in [0.15, 0.2) is 65.1 Å². The summed E-state index contributed by atoms with van der Waals surface area (Å²) >= 11 is 0. The third-order valence-electron chi connectivity index (χ3n) is 5.32. The van der Waals surface area contributed by atoms with E-state index in [-0.39, 0.29) is 24.2 Å². The summed E-state index contributed by atoms with van der Waals surface area (Å²) < 4.78 is 6.05. The SMILES string of the molecule is CC(C)CN1C[C@H](C(=O)N[C@H](c2ccccc2)c2cc3ccccc3o2)CC1=O. The lowest BCUT2D eigenvalue weighted by Crippen LogP contribution is -2.36. The van der Waals surface area contributed by atoms with Crippen LogP contribution in [-0.4, -0.2) is 29.8 Å². The van der Waals surface area contributed by atoms with Crippen molar-refractivity contribution in [2.75, 3.05) is 13.1 Å². The summed E-state index contributed by atoms with van der Waals surface area (Å²) in [5, 5.41) is 4.13. The number of rotatable bonds is 6. The van der Waals surface area contributed by atoms with Crippen LogP contribution < -0.4 is 5.32 Å². The number of para-hydroxylation sites is 1. The number of carbonyl (C=O) groups is 2. The number of hydrogen-bond acceptors (Lipinski definition) is 3. The minimum Gasteiger partial charge on any atom is -0.459 e. The Balaban J connectivity index is 1.58. The van der Waals surface area contributed by atoms with Gasteiger partial charge < -0.3 is 14.6 Å². The fraction of sp³-hybridized carbons (Fsp3) is 0.333. The van der Waals surface area contributed by atoms with Gasteiger partial charge in [0.2, 0.25) is 11.8 Å². The standard InChI is InChI=1S/C24H26N2O3/c1-16(2)14-26-15-19(13-22(26)27)24(28)25-23(17-8-4-3-5-9-17)21-12-18-10-6-7-11-20(18)29-21/h3-12,16,19,23H,13-15H2,1-2H3,(H,25,28)/t19-,23-/m1/s1. The Bertz CT molecular complexity index is 976. The van der Waals surface area contributed by atoms with Crippen LogP contribution >= 0.6 is 0 Å². The molecule has 1 saturated heterocycles. The maximum Gasteiger partial charge on any atom is 0.226 e. The van der Waals surface area contributed by atoms with Crippen molar-refractivity contribution in [3.8, 4) is 0 Å². The Kier molecular flexibility index (Phi) is 5.38. The largest absolute Gasteiger partial charge is 0.459 e. The van der Waals surface area contributed by atoms with Gasteiger partial charge in [-0.2, -0.15) is 0 Å². The maximum atomic E-state index is 13.1. The summed E-state index contributed by atoms with van der Waals surface area (Å²) in [5.74, 6) is 0.678. The summed E-state index contributed by atoms with van der Waals surface area (Å²) in [5.41, 5.74) is 1.74. The van der Waals surface area contributed by atoms with Crippen LogP contribution in [0.4, 0.5) is 0 Å². The van der Waals surface area contributed by atoms with Crippen LogP contribution in [0.5, 0.6) is 0 Å². The van der Waals surface area contributed by atoms with E-state index in [0.717, 1.165) is 16.5 Å². The highest BCUT2D eigenvalue weighted by Gasteiger charge is 2.35. The molecule has 2 heterocycles. The average Bonchev–Trinajstić information content (AvgIpc) is 3.30. The lowest BCUT2D eigenvalue weighted by atomic mass is 10.0. The molecule has 2 atom stereocenters. The van der Waals surface area contributed by atoms with Crippen LogP contribution in [0.1, 0.15) is 37.6 Å². The zero-order valence-corrected chi connectivity index (χ0v) is 16.8. The van der Waals surface area contributed by atoms with Gasteiger partial charge in [0.05, 0.1) is 5.92 Å². The number of nitrogens with zero attached hydrogens (tertiary/aromatic N) is 1. The van der Waals surface area contributed by atoms with E-state index in [1.54, 1.807) is 4.90 Å². The number of amides is 2. The minimum atomic E-state index is -0.398. The van der Waals surface area contributed by atoms with E-state index in [1.165, 1.54) is 0 Å². The van der Waals surface area contributed by atoms with Crippen molar-refractivity contribution in [2.45, 2.75) is 26.3 Å². The van der Waals surface area contributed by atoms with Crippen LogP contribution in [0.2, 0.25) is 0 Å². The van der Waals surface area contributed by atoms with Crippen LogP contribution in [0, 0.1) is 11.8 Å². The molecule has 0 unspecified atom stereocenters. The fourth-order valence-corrected chi connectivity index (χ4v) is 3.93. The van der Waals surface area contributed by atoms with Crippen LogP contribution in [0.25, 0.3) is 11.0 Å². The fourth-order valence-electron chi connectivity index (χ4n) is 3.93. The van der Waals surface area contributed by atoms with Crippen molar-refractivity contribution in [3.63, 3.8) is 0 Å². The first-order valence-electron chi connectivity index (χ1n) is 10.1. The van der Waals surface area contributed by atoms with Gasteiger partial charge in [-0.25, -0.2) is 0 Å². The van der Waals surface area contributed by atoms with Gasteiger partial charge in [-0.3, -0.25) is 9.59 Å². The molecule has 1 aliphatic rings. The van der Waals surface area contributed by atoms with Crippen molar-refractivity contribution in [3.05, 3.63) is 72.0 Å². The van der Waals surface area contributed by atoms with Gasteiger partial charge in [-0.05, 0) is 23.6 Å². The quantitative estimate of drug-likeness (QED) is 0.688. The first-order chi connectivity index (χ1) is 14.0. The van der Waals surface area contributed by atoms with E-state index in [1.807, 2.05) is 60.7 Å². The number of carbonyl (C=O) groups excluding carboxylic acids is 2. The molecule has 1 aliphatic heterocycles. The Morgan fingerprint density at radius 3 is 2.59 bits per heavy atom. The number of likely N-dealkylation sites (tertiary alicyclic amines) is 1. The maximum absolute atomic E-state index is 13.1. The Morgan fingerprint density at radius 2 is 1.86 bits per heavy atom. The van der Waals surface area contributed by atoms with Crippen molar-refractivity contribution >= 4 is 22.8 Å². The van der Waals surface area contributed by atoms with Crippen molar-refractivity contribution in [2.24, 2.45) is 11.8 Å². The lowest BCUT2D eigenvalue weighted by molar-refractivity contribution is -0.129. The minimum absolute atomic E-state index is 0.0545. The molecule has 4 rings (SSSR count). The molecule has 29 heavy (non-hydrogen) atoms. The van der Waals surface area contributed by atoms with E-state index < -0.39 is 6.04 Å². The van der Waals surface area contributed by atoms with Gasteiger partial charge in [0, 0.05) is 24.9 Å². The first kappa shape index (κ1) is 19.2.